The fourth-order valence-electron chi connectivity index (χ4n) is 1.75. The lowest BCUT2D eigenvalue weighted by Crippen LogP contribution is -2.19. The first-order valence-corrected chi connectivity index (χ1v) is 6.86. The second kappa shape index (κ2) is 4.52. The number of halogens is 2. The van der Waals surface area contributed by atoms with Crippen molar-refractivity contribution in [2.45, 2.75) is 31.7 Å². The van der Waals surface area contributed by atoms with Crippen LogP contribution >= 0.6 is 38.9 Å². The van der Waals surface area contributed by atoms with E-state index in [0.717, 1.165) is 21.1 Å². The van der Waals surface area contributed by atoms with Crippen LogP contribution in [0.25, 0.3) is 0 Å². The largest absolute Gasteiger partial charge is 0.323 e. The van der Waals surface area contributed by atoms with Crippen LogP contribution in [0.15, 0.2) is 10.5 Å². The van der Waals surface area contributed by atoms with Gasteiger partial charge in [0, 0.05) is 15.4 Å². The lowest BCUT2D eigenvalue weighted by molar-refractivity contribution is 0.278. The Hall–Kier alpha value is 0.430. The quantitative estimate of drug-likeness (QED) is 0.881. The van der Waals surface area contributed by atoms with Crippen molar-refractivity contribution in [1.82, 2.24) is 0 Å². The third-order valence-electron chi connectivity index (χ3n) is 2.84. The molecular formula is C10H13BrClNS. The van der Waals surface area contributed by atoms with Gasteiger partial charge < -0.3 is 5.73 Å². The zero-order valence-corrected chi connectivity index (χ0v) is 11.0. The highest BCUT2D eigenvalue weighted by Gasteiger charge is 2.22. The van der Waals surface area contributed by atoms with E-state index >= 15 is 0 Å². The highest BCUT2D eigenvalue weighted by Crippen LogP contribution is 2.39. The average Bonchev–Trinajstić information content (AvgIpc) is 2.40. The van der Waals surface area contributed by atoms with Gasteiger partial charge in [-0.1, -0.05) is 30.9 Å². The maximum atomic E-state index is 6.12. The molecule has 1 heterocycles. The molecule has 1 aromatic heterocycles. The van der Waals surface area contributed by atoms with Crippen molar-refractivity contribution in [2.75, 3.05) is 0 Å². The predicted molar refractivity (Wildman–Crippen MR) is 65.9 cm³/mol. The average molecular weight is 295 g/mol. The van der Waals surface area contributed by atoms with Gasteiger partial charge in [-0.2, -0.15) is 0 Å². The van der Waals surface area contributed by atoms with Crippen molar-refractivity contribution in [3.05, 3.63) is 19.8 Å². The summed E-state index contributed by atoms with van der Waals surface area (Å²) in [7, 11) is 0. The zero-order valence-electron chi connectivity index (χ0n) is 7.80. The first-order valence-electron chi connectivity index (χ1n) is 4.87. The van der Waals surface area contributed by atoms with Crippen molar-refractivity contribution < 1.29 is 0 Å². The molecular weight excluding hydrogens is 282 g/mol. The van der Waals surface area contributed by atoms with Crippen LogP contribution in [0.5, 0.6) is 0 Å². The molecule has 1 unspecified atom stereocenters. The van der Waals surface area contributed by atoms with Crippen LogP contribution in [0.1, 0.15) is 36.6 Å². The molecule has 1 nitrogen and oxygen atoms in total. The molecule has 1 fully saturated rings. The molecule has 2 N–H and O–H groups in total. The number of rotatable bonds is 3. The highest BCUT2D eigenvalue weighted by atomic mass is 79.9. The van der Waals surface area contributed by atoms with Crippen LogP contribution in [0.4, 0.5) is 0 Å². The van der Waals surface area contributed by atoms with Crippen molar-refractivity contribution in [3.63, 3.8) is 0 Å². The summed E-state index contributed by atoms with van der Waals surface area (Å²) >= 11 is 11.0. The molecule has 1 aliphatic rings. The maximum absolute atomic E-state index is 6.12. The molecule has 0 aliphatic heterocycles. The Morgan fingerprint density at radius 3 is 2.79 bits per heavy atom. The van der Waals surface area contributed by atoms with Crippen LogP contribution < -0.4 is 5.73 Å². The third kappa shape index (κ3) is 2.32. The topological polar surface area (TPSA) is 26.0 Å². The summed E-state index contributed by atoms with van der Waals surface area (Å²) in [6, 6.07) is 2.23. The molecule has 0 bridgehead atoms. The van der Waals surface area contributed by atoms with Crippen molar-refractivity contribution in [3.8, 4) is 0 Å². The molecule has 0 radical (unpaired) electrons. The summed E-state index contributed by atoms with van der Waals surface area (Å²) in [5.74, 6) is 0.852. The van der Waals surface area contributed by atoms with Crippen LogP contribution in [0.2, 0.25) is 4.34 Å². The fourth-order valence-corrected chi connectivity index (χ4v) is 3.50. The Balaban J connectivity index is 1.98. The molecule has 2 rings (SSSR count). The maximum Gasteiger partial charge on any atom is 0.107 e. The molecule has 0 amide bonds. The standard InChI is InChI=1S/C10H13BrClNS/c11-7-5-9(14-10(7)12)8(13)4-6-2-1-3-6/h5-6,8H,1-4,13H2. The second-order valence-electron chi connectivity index (χ2n) is 3.91. The van der Waals surface area contributed by atoms with E-state index in [-0.39, 0.29) is 6.04 Å². The van der Waals surface area contributed by atoms with Gasteiger partial charge in [-0.05, 0) is 34.3 Å². The van der Waals surface area contributed by atoms with E-state index in [4.69, 9.17) is 17.3 Å². The first kappa shape index (κ1) is 10.9. The van der Waals surface area contributed by atoms with E-state index in [1.807, 2.05) is 0 Å². The van der Waals surface area contributed by atoms with Gasteiger partial charge >= 0.3 is 0 Å². The monoisotopic (exact) mass is 293 g/mol. The summed E-state index contributed by atoms with van der Waals surface area (Å²) in [4.78, 5) is 1.20. The van der Waals surface area contributed by atoms with E-state index in [0.29, 0.717) is 0 Å². The van der Waals surface area contributed by atoms with Gasteiger partial charge in [0.15, 0.2) is 0 Å². The molecule has 1 saturated carbocycles. The second-order valence-corrected chi connectivity index (χ2v) is 6.45. The van der Waals surface area contributed by atoms with Crippen LogP contribution in [0, 0.1) is 5.92 Å². The van der Waals surface area contributed by atoms with Crippen molar-refractivity contribution >= 4 is 38.9 Å². The Morgan fingerprint density at radius 1 is 1.64 bits per heavy atom. The van der Waals surface area contributed by atoms with Crippen LogP contribution in [0.3, 0.4) is 0 Å². The molecule has 0 aromatic carbocycles. The van der Waals surface area contributed by atoms with E-state index in [9.17, 15) is 0 Å². The lowest BCUT2D eigenvalue weighted by atomic mass is 9.81. The Labute approximate surface area is 102 Å². The van der Waals surface area contributed by atoms with Gasteiger partial charge in [0.05, 0.1) is 0 Å². The Morgan fingerprint density at radius 2 is 2.36 bits per heavy atom. The smallest absolute Gasteiger partial charge is 0.107 e. The summed E-state index contributed by atoms with van der Waals surface area (Å²) in [6.45, 7) is 0. The van der Waals surface area contributed by atoms with E-state index in [2.05, 4.69) is 22.0 Å². The molecule has 14 heavy (non-hydrogen) atoms. The summed E-state index contributed by atoms with van der Waals surface area (Å²) < 4.78 is 1.78. The number of nitrogens with two attached hydrogens (primary N) is 1. The van der Waals surface area contributed by atoms with Crippen LogP contribution in [-0.4, -0.2) is 0 Å². The third-order valence-corrected chi connectivity index (χ3v) is 5.45. The summed E-state index contributed by atoms with van der Waals surface area (Å²) in [6.07, 6.45) is 5.21. The Bertz CT molecular complexity index is 302. The molecule has 1 atom stereocenters. The highest BCUT2D eigenvalue weighted by molar-refractivity contribution is 9.10. The van der Waals surface area contributed by atoms with Gasteiger partial charge in [-0.25, -0.2) is 0 Å². The number of hydrogen-bond donors (Lipinski definition) is 1. The van der Waals surface area contributed by atoms with Crippen LogP contribution in [-0.2, 0) is 0 Å². The summed E-state index contributed by atoms with van der Waals surface area (Å²) in [5.41, 5.74) is 6.12. The van der Waals surface area contributed by atoms with Gasteiger partial charge in [0.25, 0.3) is 0 Å². The normalized spacial score (nSPS) is 19.4. The molecule has 1 aliphatic carbocycles. The molecule has 78 valence electrons. The predicted octanol–water partition coefficient (Wildman–Crippen LogP) is 4.35. The fraction of sp³-hybridized carbons (Fsp3) is 0.600. The number of thiophene rings is 1. The number of hydrogen-bond acceptors (Lipinski definition) is 2. The lowest BCUT2D eigenvalue weighted by Gasteiger charge is -2.27. The molecule has 4 heteroatoms. The minimum atomic E-state index is 0.175. The van der Waals surface area contributed by atoms with Gasteiger partial charge in [0.2, 0.25) is 0 Å². The minimum Gasteiger partial charge on any atom is -0.323 e. The summed E-state index contributed by atoms with van der Waals surface area (Å²) in [5, 5.41) is 0. The van der Waals surface area contributed by atoms with E-state index in [1.165, 1.54) is 24.1 Å². The first-order chi connectivity index (χ1) is 6.66. The van der Waals surface area contributed by atoms with E-state index < -0.39 is 0 Å². The minimum absolute atomic E-state index is 0.175. The Kier molecular flexibility index (Phi) is 3.53. The zero-order chi connectivity index (χ0) is 10.1. The van der Waals surface area contributed by atoms with E-state index in [1.54, 1.807) is 11.3 Å². The van der Waals surface area contributed by atoms with Gasteiger partial charge in [-0.15, -0.1) is 11.3 Å². The molecule has 1 aromatic rings. The SMILES string of the molecule is NC(CC1CCC1)c1cc(Br)c(Cl)s1. The van der Waals surface area contributed by atoms with Crippen molar-refractivity contribution in [1.29, 1.82) is 0 Å². The molecule has 0 saturated heterocycles. The van der Waals surface area contributed by atoms with Gasteiger partial charge in [-0.3, -0.25) is 0 Å². The van der Waals surface area contributed by atoms with Crippen molar-refractivity contribution in [2.24, 2.45) is 11.7 Å². The molecule has 0 spiro atoms. The van der Waals surface area contributed by atoms with Gasteiger partial charge in [0.1, 0.15) is 4.34 Å².